The second-order valence-corrected chi connectivity index (χ2v) is 5.13. The summed E-state index contributed by atoms with van der Waals surface area (Å²) in [6.45, 7) is 6.30. The highest BCUT2D eigenvalue weighted by atomic mass is 32.1. The van der Waals surface area contributed by atoms with Crippen molar-refractivity contribution in [2.75, 3.05) is 0 Å². The number of carbonyl (C=O) groups is 1. The number of aryl methyl sites for hydroxylation is 1. The molecule has 1 aromatic rings. The molecule has 0 aliphatic heterocycles. The molecule has 100 valence electrons. The zero-order valence-corrected chi connectivity index (χ0v) is 11.6. The van der Waals surface area contributed by atoms with E-state index in [1.807, 2.05) is 0 Å². The Labute approximate surface area is 110 Å². The maximum absolute atomic E-state index is 12.2. The van der Waals surface area contributed by atoms with Gasteiger partial charge < -0.3 is 10.1 Å². The topological polar surface area (TPSA) is 75.1 Å². The number of hydrogen-bond acceptors (Lipinski definition) is 3. The Bertz CT molecular complexity index is 557. The van der Waals surface area contributed by atoms with Gasteiger partial charge in [-0.2, -0.15) is 0 Å². The van der Waals surface area contributed by atoms with Crippen LogP contribution in [0.4, 0.5) is 0 Å². The fraction of sp³-hybridized carbons (Fsp3) is 0.583. The van der Waals surface area contributed by atoms with Gasteiger partial charge in [-0.25, -0.2) is 0 Å². The summed E-state index contributed by atoms with van der Waals surface area (Å²) in [5.41, 5.74) is 0.521. The van der Waals surface area contributed by atoms with E-state index in [4.69, 9.17) is 17.3 Å². The molecule has 6 heteroatoms. The fourth-order valence-corrected chi connectivity index (χ4v) is 2.00. The molecule has 0 aliphatic rings. The van der Waals surface area contributed by atoms with E-state index in [0.29, 0.717) is 22.9 Å². The molecule has 0 saturated carbocycles. The minimum absolute atomic E-state index is 0.278. The molecule has 1 aromatic heterocycles. The third kappa shape index (κ3) is 3.53. The van der Waals surface area contributed by atoms with Gasteiger partial charge >= 0.3 is 5.97 Å². The highest BCUT2D eigenvalue weighted by Gasteiger charge is 2.13. The number of hydrogen-bond donors (Lipinski definition) is 2. The van der Waals surface area contributed by atoms with Crippen LogP contribution in [0.3, 0.4) is 0 Å². The standard InChI is InChI=1S/C12H18N2O3S/c1-7(2)4-5-14-11(17)9(6-10(15)16)8(3)13-12(14)18/h7H,4-6H2,1-3H3,(H,13,18)(H,15,16). The molecule has 1 heterocycles. The lowest BCUT2D eigenvalue weighted by atomic mass is 10.1. The average Bonchev–Trinajstić information content (AvgIpc) is 2.23. The number of nitrogens with one attached hydrogen (secondary N) is 1. The molecule has 0 radical (unpaired) electrons. The van der Waals surface area contributed by atoms with Gasteiger partial charge in [0.15, 0.2) is 4.77 Å². The number of carboxylic acid groups (broad SMARTS) is 1. The lowest BCUT2D eigenvalue weighted by Gasteiger charge is -2.11. The first-order chi connectivity index (χ1) is 8.32. The van der Waals surface area contributed by atoms with Crippen LogP contribution in [-0.4, -0.2) is 20.6 Å². The zero-order chi connectivity index (χ0) is 13.9. The maximum atomic E-state index is 12.2. The molecule has 0 aliphatic carbocycles. The number of nitrogens with zero attached hydrogens (tertiary/aromatic N) is 1. The number of rotatable bonds is 5. The number of H-pyrrole nitrogens is 1. The largest absolute Gasteiger partial charge is 0.481 e. The zero-order valence-electron chi connectivity index (χ0n) is 10.8. The SMILES string of the molecule is Cc1[nH]c(=S)n(CCC(C)C)c(=O)c1CC(=O)O. The van der Waals surface area contributed by atoms with Crippen LogP contribution in [0.5, 0.6) is 0 Å². The average molecular weight is 270 g/mol. The maximum Gasteiger partial charge on any atom is 0.308 e. The smallest absolute Gasteiger partial charge is 0.308 e. The minimum atomic E-state index is -1.02. The van der Waals surface area contributed by atoms with E-state index in [0.717, 1.165) is 6.42 Å². The molecule has 0 atom stereocenters. The summed E-state index contributed by atoms with van der Waals surface area (Å²) < 4.78 is 1.80. The van der Waals surface area contributed by atoms with Crippen molar-refractivity contribution in [1.82, 2.24) is 9.55 Å². The van der Waals surface area contributed by atoms with Crippen LogP contribution in [0.2, 0.25) is 0 Å². The van der Waals surface area contributed by atoms with Crippen molar-refractivity contribution in [2.45, 2.75) is 40.2 Å². The lowest BCUT2D eigenvalue weighted by Crippen LogP contribution is -2.29. The molecule has 2 N–H and O–H groups in total. The third-order valence-corrected chi connectivity index (χ3v) is 3.08. The van der Waals surface area contributed by atoms with Crippen LogP contribution in [0, 0.1) is 17.6 Å². The van der Waals surface area contributed by atoms with E-state index in [-0.39, 0.29) is 17.5 Å². The minimum Gasteiger partial charge on any atom is -0.481 e. The molecule has 0 aromatic carbocycles. The van der Waals surface area contributed by atoms with Crippen LogP contribution in [0.15, 0.2) is 4.79 Å². The Balaban J connectivity index is 3.22. The summed E-state index contributed by atoms with van der Waals surface area (Å²) in [4.78, 5) is 25.8. The second-order valence-electron chi connectivity index (χ2n) is 4.74. The molecule has 18 heavy (non-hydrogen) atoms. The van der Waals surface area contributed by atoms with Crippen molar-refractivity contribution in [3.63, 3.8) is 0 Å². The van der Waals surface area contributed by atoms with Crippen LogP contribution in [0.25, 0.3) is 0 Å². The number of aromatic amines is 1. The Morgan fingerprint density at radius 2 is 2.11 bits per heavy atom. The van der Waals surface area contributed by atoms with Crippen LogP contribution in [-0.2, 0) is 17.8 Å². The van der Waals surface area contributed by atoms with Gasteiger partial charge in [-0.1, -0.05) is 13.8 Å². The van der Waals surface area contributed by atoms with E-state index in [1.54, 1.807) is 6.92 Å². The lowest BCUT2D eigenvalue weighted by molar-refractivity contribution is -0.136. The van der Waals surface area contributed by atoms with Gasteiger partial charge in [-0.3, -0.25) is 14.2 Å². The number of aromatic nitrogens is 2. The van der Waals surface area contributed by atoms with Crippen molar-refractivity contribution in [3.8, 4) is 0 Å². The normalized spacial score (nSPS) is 10.9. The van der Waals surface area contributed by atoms with Crippen LogP contribution >= 0.6 is 12.2 Å². The van der Waals surface area contributed by atoms with Gasteiger partial charge in [-0.15, -0.1) is 0 Å². The van der Waals surface area contributed by atoms with Crippen molar-refractivity contribution in [2.24, 2.45) is 5.92 Å². The van der Waals surface area contributed by atoms with Gasteiger partial charge in [0.2, 0.25) is 0 Å². The van der Waals surface area contributed by atoms with E-state index < -0.39 is 5.97 Å². The summed E-state index contributed by atoms with van der Waals surface area (Å²) in [6, 6.07) is 0. The Kier molecular flexibility index (Phi) is 4.84. The van der Waals surface area contributed by atoms with Crippen LogP contribution < -0.4 is 5.56 Å². The van der Waals surface area contributed by atoms with Crippen molar-refractivity contribution >= 4 is 18.2 Å². The molecule has 0 saturated heterocycles. The monoisotopic (exact) mass is 270 g/mol. The van der Waals surface area contributed by atoms with Gasteiger partial charge in [0.05, 0.1) is 6.42 Å². The molecule has 0 bridgehead atoms. The molecular formula is C12H18N2O3S. The first kappa shape index (κ1) is 14.6. The Morgan fingerprint density at radius 3 is 2.61 bits per heavy atom. The van der Waals surface area contributed by atoms with Gasteiger partial charge in [0.1, 0.15) is 0 Å². The van der Waals surface area contributed by atoms with E-state index in [1.165, 1.54) is 4.57 Å². The van der Waals surface area contributed by atoms with Gasteiger partial charge in [-0.05, 0) is 31.5 Å². The summed E-state index contributed by atoms with van der Waals surface area (Å²) in [7, 11) is 0. The molecule has 5 nitrogen and oxygen atoms in total. The Hall–Kier alpha value is -1.43. The fourth-order valence-electron chi connectivity index (χ4n) is 1.67. The summed E-state index contributed by atoms with van der Waals surface area (Å²) in [5, 5.41) is 8.81. The van der Waals surface area contributed by atoms with Gasteiger partial charge in [0, 0.05) is 17.8 Å². The molecule has 1 rings (SSSR count). The quantitative estimate of drug-likeness (QED) is 0.801. The van der Waals surface area contributed by atoms with Gasteiger partial charge in [0.25, 0.3) is 5.56 Å². The molecule has 0 fully saturated rings. The second kappa shape index (κ2) is 5.95. The van der Waals surface area contributed by atoms with Crippen molar-refractivity contribution in [3.05, 3.63) is 26.4 Å². The van der Waals surface area contributed by atoms with E-state index in [2.05, 4.69) is 18.8 Å². The molecular weight excluding hydrogens is 252 g/mol. The first-order valence-corrected chi connectivity index (χ1v) is 6.28. The molecule has 0 spiro atoms. The summed E-state index contributed by atoms with van der Waals surface area (Å²) in [5.74, 6) is -0.563. The summed E-state index contributed by atoms with van der Waals surface area (Å²) >= 11 is 5.11. The van der Waals surface area contributed by atoms with Crippen molar-refractivity contribution < 1.29 is 9.90 Å². The third-order valence-electron chi connectivity index (χ3n) is 2.75. The van der Waals surface area contributed by atoms with Crippen LogP contribution in [0.1, 0.15) is 31.5 Å². The highest BCUT2D eigenvalue weighted by Crippen LogP contribution is 2.05. The van der Waals surface area contributed by atoms with Crippen molar-refractivity contribution in [1.29, 1.82) is 0 Å². The number of carboxylic acids is 1. The van der Waals surface area contributed by atoms with E-state index >= 15 is 0 Å². The number of aliphatic carboxylic acids is 1. The van der Waals surface area contributed by atoms with E-state index in [9.17, 15) is 9.59 Å². The predicted octanol–water partition coefficient (Wildman–Crippen LogP) is 1.89. The summed E-state index contributed by atoms with van der Waals surface area (Å²) in [6.07, 6.45) is 0.547. The highest BCUT2D eigenvalue weighted by molar-refractivity contribution is 7.71. The predicted molar refractivity (Wildman–Crippen MR) is 71.4 cm³/mol. The molecule has 0 amide bonds. The molecule has 0 unspecified atom stereocenters. The first-order valence-electron chi connectivity index (χ1n) is 5.87. The Morgan fingerprint density at radius 1 is 1.50 bits per heavy atom.